The number of rotatable bonds is 7. The minimum absolute atomic E-state index is 0.0340. The van der Waals surface area contributed by atoms with E-state index in [1.807, 2.05) is 32.9 Å². The number of phenolic OH excluding ortho intramolecular Hbond substituents is 3. The molecule has 308 valence electrons. The number of pyridine rings is 2. The van der Waals surface area contributed by atoms with Crippen LogP contribution < -0.4 is 10.5 Å². The summed E-state index contributed by atoms with van der Waals surface area (Å²) in [7, 11) is 0. The van der Waals surface area contributed by atoms with Crippen LogP contribution in [-0.2, 0) is 39.4 Å². The number of hydrogen-bond donors (Lipinski definition) is 4. The Morgan fingerprint density at radius 1 is 0.883 bits per heavy atom. The van der Waals surface area contributed by atoms with Gasteiger partial charge in [-0.1, -0.05) is 32.8 Å². The summed E-state index contributed by atoms with van der Waals surface area (Å²) in [6.07, 6.45) is -0.0262. The molecular weight excluding hydrogens is 771 g/mol. The highest BCUT2D eigenvalue weighted by Gasteiger charge is 2.51. The Morgan fingerprint density at radius 3 is 2.32 bits per heavy atom. The van der Waals surface area contributed by atoms with Gasteiger partial charge in [-0.05, 0) is 84.5 Å². The zero-order chi connectivity index (χ0) is 42.2. The minimum atomic E-state index is -1.86. The number of amides is 1. The summed E-state index contributed by atoms with van der Waals surface area (Å²) < 4.78 is 14.8. The number of piperazine rings is 1. The number of hydrogen-bond acceptors (Lipinski definition) is 13. The average Bonchev–Trinajstić information content (AvgIpc) is 3.81. The van der Waals surface area contributed by atoms with Gasteiger partial charge in [-0.3, -0.25) is 4.79 Å². The van der Waals surface area contributed by atoms with Crippen LogP contribution in [0.3, 0.4) is 0 Å². The summed E-state index contributed by atoms with van der Waals surface area (Å²) >= 11 is 0. The minimum Gasteiger partial charge on any atom is -0.508 e. The molecule has 0 bridgehead atoms. The zero-order valence-corrected chi connectivity index (χ0v) is 33.5. The molecule has 1 atom stereocenters. The number of aryl methyl sites for hydroxylation is 1. The number of aromatic nitrogens is 5. The second kappa shape index (κ2) is 14.3. The first kappa shape index (κ1) is 38.4. The molecule has 0 aliphatic carbocycles. The molecule has 6 heterocycles. The number of benzene rings is 3. The van der Waals surface area contributed by atoms with Gasteiger partial charge < -0.3 is 44.3 Å². The van der Waals surface area contributed by atoms with E-state index in [0.29, 0.717) is 58.8 Å². The highest BCUT2D eigenvalue weighted by Crippen LogP contribution is 2.43. The fourth-order valence-corrected chi connectivity index (χ4v) is 8.81. The van der Waals surface area contributed by atoms with E-state index in [0.717, 1.165) is 22.2 Å². The van der Waals surface area contributed by atoms with E-state index in [-0.39, 0.29) is 78.8 Å². The number of anilines is 1. The van der Waals surface area contributed by atoms with E-state index < -0.39 is 17.7 Å². The summed E-state index contributed by atoms with van der Waals surface area (Å²) in [4.78, 5) is 50.3. The van der Waals surface area contributed by atoms with Crippen LogP contribution >= 0.6 is 0 Å². The molecule has 3 aliphatic heterocycles. The molecule has 0 spiro atoms. The molecule has 1 saturated heterocycles. The van der Waals surface area contributed by atoms with Crippen LogP contribution in [0.2, 0.25) is 0 Å². The number of aromatic hydroxyl groups is 4. The number of phenols is 3. The van der Waals surface area contributed by atoms with Gasteiger partial charge in [-0.2, -0.15) is 0 Å². The van der Waals surface area contributed by atoms with Gasteiger partial charge in [0.2, 0.25) is 5.60 Å². The predicted molar refractivity (Wildman–Crippen MR) is 219 cm³/mol. The van der Waals surface area contributed by atoms with Gasteiger partial charge >= 0.3 is 18.1 Å². The molecule has 4 N–H and O–H groups in total. The van der Waals surface area contributed by atoms with E-state index in [1.54, 1.807) is 54.0 Å². The molecule has 16 heteroatoms. The number of carbonyl (C=O) groups is 2. The number of ether oxygens (including phenoxy) is 2. The maximum absolute atomic E-state index is 14.1. The number of nitrogens with zero attached hydrogens (tertiary/aromatic N) is 7. The molecule has 3 aliphatic rings. The van der Waals surface area contributed by atoms with Crippen LogP contribution in [0.25, 0.3) is 39.4 Å². The molecule has 6 aromatic rings. The second-order valence-electron chi connectivity index (χ2n) is 15.6. The van der Waals surface area contributed by atoms with Crippen molar-refractivity contribution < 1.29 is 39.5 Å². The first-order chi connectivity index (χ1) is 28.8. The number of esters is 1. The number of fused-ring (bicyclic) bond motifs is 5. The van der Waals surface area contributed by atoms with Gasteiger partial charge in [0.25, 0.3) is 5.56 Å². The second-order valence-corrected chi connectivity index (χ2v) is 15.6. The maximum Gasteiger partial charge on any atom is 0.411 e. The van der Waals surface area contributed by atoms with E-state index >= 15 is 0 Å². The standard InChI is InChI=1S/C44H43N7O9/c1-5-27-29-17-26(52)11-12-34(29)45-38-31(27)21-50-35(38)19-33-32(40(50)55)22-59-41(56)44(33,6-2)60-43(58)49-15-13-48(14-16-49)24-7-9-25(10-8-24)51-39(46-47-42(51)57)30-18-28(23(3)4)36(53)20-37(30)54/h7-12,17-20,23,52-54H,5-6,13-16,21-22H2,1-4H3,(H,47,57). The lowest BCUT2D eigenvalue weighted by molar-refractivity contribution is -0.173. The van der Waals surface area contributed by atoms with Crippen LogP contribution in [0.15, 0.2) is 65.5 Å². The van der Waals surface area contributed by atoms with Crippen LogP contribution in [0, 0.1) is 0 Å². The summed E-state index contributed by atoms with van der Waals surface area (Å²) in [6, 6.07) is 16.5. The van der Waals surface area contributed by atoms with Crippen molar-refractivity contribution in [1.82, 2.24) is 29.2 Å². The Balaban J connectivity index is 0.944. The third kappa shape index (κ3) is 5.95. The normalized spacial score (nSPS) is 17.1. The summed E-state index contributed by atoms with van der Waals surface area (Å²) in [5.41, 5.74) is 4.28. The lowest BCUT2D eigenvalue weighted by atomic mass is 9.85. The van der Waals surface area contributed by atoms with Crippen molar-refractivity contribution in [2.45, 2.75) is 65.2 Å². The Kier molecular flexibility index (Phi) is 9.17. The lowest BCUT2D eigenvalue weighted by Crippen LogP contribution is -2.53. The van der Waals surface area contributed by atoms with Gasteiger partial charge in [0.1, 0.15) is 23.9 Å². The van der Waals surface area contributed by atoms with Crippen LogP contribution in [0.1, 0.15) is 67.9 Å². The third-order valence-corrected chi connectivity index (χ3v) is 12.0. The van der Waals surface area contributed by atoms with Gasteiger partial charge in [-0.25, -0.2) is 19.1 Å². The van der Waals surface area contributed by atoms with Crippen molar-refractivity contribution in [3.63, 3.8) is 0 Å². The fourth-order valence-electron chi connectivity index (χ4n) is 8.81. The highest BCUT2D eigenvalue weighted by molar-refractivity contribution is 5.90. The average molecular weight is 814 g/mol. The van der Waals surface area contributed by atoms with Gasteiger partial charge in [-0.15, -0.1) is 5.10 Å². The molecule has 0 saturated carbocycles. The largest absolute Gasteiger partial charge is 0.508 e. The smallest absolute Gasteiger partial charge is 0.411 e. The molecule has 3 aromatic heterocycles. The molecule has 1 fully saturated rings. The zero-order valence-electron chi connectivity index (χ0n) is 33.5. The quantitative estimate of drug-likeness (QED) is 0.141. The van der Waals surface area contributed by atoms with Crippen molar-refractivity contribution in [3.05, 3.63) is 98.8 Å². The molecule has 1 unspecified atom stereocenters. The van der Waals surface area contributed by atoms with E-state index in [1.165, 1.54) is 15.5 Å². The third-order valence-electron chi connectivity index (χ3n) is 12.0. The SMILES string of the molecule is CCc1c2c(nc3ccc(O)cc13)-c1cc3c(c(=O)n1C2)COC(=O)C3(CC)OC(=O)N1CCN(c2ccc(-n3c(O)nnc3-c3cc(C(C)C)c(O)cc3O)cc2)CC1. The highest BCUT2D eigenvalue weighted by atomic mass is 16.6. The van der Waals surface area contributed by atoms with Crippen LogP contribution in [0.5, 0.6) is 23.3 Å². The molecule has 1 amide bonds. The van der Waals surface area contributed by atoms with Crippen molar-refractivity contribution in [2.24, 2.45) is 0 Å². The van der Waals surface area contributed by atoms with Crippen molar-refractivity contribution in [1.29, 1.82) is 0 Å². The summed E-state index contributed by atoms with van der Waals surface area (Å²) in [6.45, 7) is 9.03. The summed E-state index contributed by atoms with van der Waals surface area (Å²) in [5.74, 6) is -0.721. The van der Waals surface area contributed by atoms with E-state index in [2.05, 4.69) is 15.1 Å². The molecule has 60 heavy (non-hydrogen) atoms. The first-order valence-corrected chi connectivity index (χ1v) is 20.0. The summed E-state index contributed by atoms with van der Waals surface area (Å²) in [5, 5.41) is 50.7. The van der Waals surface area contributed by atoms with Gasteiger partial charge in [0.15, 0.2) is 5.82 Å². The topological polar surface area (TPSA) is 206 Å². The molecule has 16 nitrogen and oxygen atoms in total. The Labute approximate surface area is 343 Å². The van der Waals surface area contributed by atoms with Crippen molar-refractivity contribution >= 4 is 28.7 Å². The molecule has 9 rings (SSSR count). The van der Waals surface area contributed by atoms with Crippen LogP contribution in [-0.4, -0.2) is 87.9 Å². The van der Waals surface area contributed by atoms with Crippen molar-refractivity contribution in [3.8, 4) is 51.7 Å². The number of cyclic esters (lactones) is 1. The molecule has 0 radical (unpaired) electrons. The Hall–Kier alpha value is -7.10. The van der Waals surface area contributed by atoms with Gasteiger partial charge in [0, 0.05) is 54.4 Å². The van der Waals surface area contributed by atoms with Crippen LogP contribution in [0.4, 0.5) is 10.5 Å². The Bertz CT molecular complexity index is 2810. The Morgan fingerprint density at radius 2 is 1.62 bits per heavy atom. The van der Waals surface area contributed by atoms with Gasteiger partial charge in [0.05, 0.1) is 40.3 Å². The maximum atomic E-state index is 14.1. The van der Waals surface area contributed by atoms with Crippen molar-refractivity contribution in [2.75, 3.05) is 31.1 Å². The fraction of sp³-hybridized carbons (Fsp3) is 0.318. The molecular formula is C44H43N7O9. The monoisotopic (exact) mass is 813 g/mol. The predicted octanol–water partition coefficient (Wildman–Crippen LogP) is 5.80. The lowest BCUT2D eigenvalue weighted by Gasteiger charge is -2.39. The first-order valence-electron chi connectivity index (χ1n) is 20.0. The van der Waals surface area contributed by atoms with E-state index in [9.17, 15) is 34.8 Å². The molecule has 3 aromatic carbocycles. The van der Waals surface area contributed by atoms with E-state index in [4.69, 9.17) is 14.5 Å². The number of carbonyl (C=O) groups excluding carboxylic acids is 2.